The summed E-state index contributed by atoms with van der Waals surface area (Å²) in [5.41, 5.74) is 2.41. The molecule has 0 aromatic heterocycles. The van der Waals surface area contributed by atoms with Crippen LogP contribution in [-0.4, -0.2) is 24.2 Å². The highest BCUT2D eigenvalue weighted by Gasteiger charge is 2.18. The summed E-state index contributed by atoms with van der Waals surface area (Å²) in [5.74, 6) is 0.0797. The summed E-state index contributed by atoms with van der Waals surface area (Å²) in [4.78, 5) is 16.0. The third-order valence-electron chi connectivity index (χ3n) is 4.63. The standard InChI is InChI=1S/C21H25ClN2OS/c1-2-20(26-19-11-7-17(22)8-12-19)21(25)23-15-16-5-9-18(10-6-16)24-13-3-4-14-24/h5-12,20H,2-4,13-15H2,1H3,(H,23,25). The van der Waals surface area contributed by atoms with Crippen LogP contribution in [0.1, 0.15) is 31.7 Å². The second-order valence-corrected chi connectivity index (χ2v) is 8.26. The van der Waals surface area contributed by atoms with Gasteiger partial charge in [-0.25, -0.2) is 0 Å². The predicted octanol–water partition coefficient (Wildman–Crippen LogP) is 5.13. The molecule has 0 saturated carbocycles. The Kier molecular flexibility index (Phi) is 6.86. The Morgan fingerprint density at radius 3 is 2.38 bits per heavy atom. The fourth-order valence-corrected chi connectivity index (χ4v) is 4.21. The Hall–Kier alpha value is -1.65. The lowest BCUT2D eigenvalue weighted by atomic mass is 10.2. The van der Waals surface area contributed by atoms with E-state index in [0.717, 1.165) is 30.0 Å². The molecule has 5 heteroatoms. The molecule has 138 valence electrons. The highest BCUT2D eigenvalue weighted by Crippen LogP contribution is 2.27. The van der Waals surface area contributed by atoms with E-state index in [9.17, 15) is 4.79 Å². The van der Waals surface area contributed by atoms with E-state index in [1.54, 1.807) is 11.8 Å². The minimum absolute atomic E-state index is 0.0797. The first-order valence-electron chi connectivity index (χ1n) is 9.19. The van der Waals surface area contributed by atoms with Crippen LogP contribution in [0, 0.1) is 0 Å². The van der Waals surface area contributed by atoms with Gasteiger partial charge in [-0.1, -0.05) is 30.7 Å². The lowest BCUT2D eigenvalue weighted by Gasteiger charge is -2.18. The molecule has 1 unspecified atom stereocenters. The minimum atomic E-state index is -0.0972. The van der Waals surface area contributed by atoms with Crippen molar-refractivity contribution < 1.29 is 4.79 Å². The van der Waals surface area contributed by atoms with E-state index < -0.39 is 0 Å². The molecule has 1 saturated heterocycles. The van der Waals surface area contributed by atoms with Crippen molar-refractivity contribution in [2.75, 3.05) is 18.0 Å². The van der Waals surface area contributed by atoms with Gasteiger partial charge in [0.25, 0.3) is 0 Å². The molecule has 3 nitrogen and oxygen atoms in total. The zero-order valence-corrected chi connectivity index (χ0v) is 16.7. The number of benzene rings is 2. The van der Waals surface area contributed by atoms with Gasteiger partial charge in [-0.05, 0) is 61.2 Å². The molecule has 0 spiro atoms. The molecular formula is C21H25ClN2OS. The average Bonchev–Trinajstić information content (AvgIpc) is 3.21. The smallest absolute Gasteiger partial charge is 0.233 e. The molecule has 1 aliphatic heterocycles. The predicted molar refractivity (Wildman–Crippen MR) is 111 cm³/mol. The molecule has 1 amide bonds. The summed E-state index contributed by atoms with van der Waals surface area (Å²) in [5, 5.41) is 3.69. The second kappa shape index (κ2) is 9.33. The fraction of sp³-hybridized carbons (Fsp3) is 0.381. The molecule has 0 radical (unpaired) electrons. The monoisotopic (exact) mass is 388 g/mol. The second-order valence-electron chi connectivity index (χ2n) is 6.55. The van der Waals surface area contributed by atoms with E-state index in [1.165, 1.54) is 18.5 Å². The lowest BCUT2D eigenvalue weighted by molar-refractivity contribution is -0.120. The van der Waals surface area contributed by atoms with E-state index >= 15 is 0 Å². The van der Waals surface area contributed by atoms with Gasteiger partial charge in [0.15, 0.2) is 0 Å². The topological polar surface area (TPSA) is 32.3 Å². The third kappa shape index (κ3) is 5.18. The Morgan fingerprint density at radius 1 is 1.12 bits per heavy atom. The zero-order chi connectivity index (χ0) is 18.4. The van der Waals surface area contributed by atoms with Crippen LogP contribution < -0.4 is 10.2 Å². The van der Waals surface area contributed by atoms with Gasteiger partial charge in [-0.15, -0.1) is 11.8 Å². The summed E-state index contributed by atoms with van der Waals surface area (Å²) in [6, 6.07) is 16.2. The van der Waals surface area contributed by atoms with Crippen LogP contribution in [0.15, 0.2) is 53.4 Å². The first-order chi connectivity index (χ1) is 12.7. The minimum Gasteiger partial charge on any atom is -0.372 e. The molecule has 1 atom stereocenters. The van der Waals surface area contributed by atoms with Crippen LogP contribution in [0.25, 0.3) is 0 Å². The van der Waals surface area contributed by atoms with Gasteiger partial charge in [-0.3, -0.25) is 4.79 Å². The lowest BCUT2D eigenvalue weighted by Crippen LogP contribution is -2.31. The SMILES string of the molecule is CCC(Sc1ccc(Cl)cc1)C(=O)NCc1ccc(N2CCCC2)cc1. The highest BCUT2D eigenvalue weighted by atomic mass is 35.5. The van der Waals surface area contributed by atoms with E-state index in [0.29, 0.717) is 11.6 Å². The maximum absolute atomic E-state index is 12.5. The van der Waals surface area contributed by atoms with Gasteiger partial charge in [-0.2, -0.15) is 0 Å². The average molecular weight is 389 g/mol. The molecule has 3 rings (SSSR count). The maximum Gasteiger partial charge on any atom is 0.233 e. The first-order valence-corrected chi connectivity index (χ1v) is 10.5. The zero-order valence-electron chi connectivity index (χ0n) is 15.1. The number of anilines is 1. The van der Waals surface area contributed by atoms with Crippen LogP contribution >= 0.6 is 23.4 Å². The van der Waals surface area contributed by atoms with E-state index in [-0.39, 0.29) is 11.2 Å². The van der Waals surface area contributed by atoms with E-state index in [2.05, 4.69) is 34.5 Å². The van der Waals surface area contributed by atoms with Crippen LogP contribution in [0.4, 0.5) is 5.69 Å². The van der Waals surface area contributed by atoms with Gasteiger partial charge >= 0.3 is 0 Å². The van der Waals surface area contributed by atoms with Gasteiger partial charge < -0.3 is 10.2 Å². The van der Waals surface area contributed by atoms with Crippen molar-refractivity contribution in [1.29, 1.82) is 0 Å². The summed E-state index contributed by atoms with van der Waals surface area (Å²) in [7, 11) is 0. The number of halogens is 1. The van der Waals surface area contributed by atoms with Crippen LogP contribution in [-0.2, 0) is 11.3 Å². The molecule has 1 N–H and O–H groups in total. The Bertz CT molecular complexity index is 712. The largest absolute Gasteiger partial charge is 0.372 e. The number of hydrogen-bond acceptors (Lipinski definition) is 3. The van der Waals surface area contributed by atoms with Crippen molar-refractivity contribution in [3.8, 4) is 0 Å². The molecule has 0 aliphatic carbocycles. The number of amides is 1. The van der Waals surface area contributed by atoms with Crippen molar-refractivity contribution >= 4 is 35.0 Å². The van der Waals surface area contributed by atoms with Crippen LogP contribution in [0.2, 0.25) is 5.02 Å². The van der Waals surface area contributed by atoms with E-state index in [4.69, 9.17) is 11.6 Å². The van der Waals surface area contributed by atoms with Crippen molar-refractivity contribution in [1.82, 2.24) is 5.32 Å². The van der Waals surface area contributed by atoms with Crippen molar-refractivity contribution in [2.24, 2.45) is 0 Å². The fourth-order valence-electron chi connectivity index (χ4n) is 3.10. The van der Waals surface area contributed by atoms with Crippen LogP contribution in [0.5, 0.6) is 0 Å². The quantitative estimate of drug-likeness (QED) is 0.667. The summed E-state index contributed by atoms with van der Waals surface area (Å²) in [6.07, 6.45) is 3.34. The molecule has 0 bridgehead atoms. The Balaban J connectivity index is 1.52. The molecule has 26 heavy (non-hydrogen) atoms. The first kappa shape index (κ1) is 19.1. The third-order valence-corrected chi connectivity index (χ3v) is 6.26. The number of hydrogen-bond donors (Lipinski definition) is 1. The molecule has 2 aromatic carbocycles. The summed E-state index contributed by atoms with van der Waals surface area (Å²) >= 11 is 7.51. The molecule has 1 fully saturated rings. The molecular weight excluding hydrogens is 364 g/mol. The van der Waals surface area contributed by atoms with Gasteiger partial charge in [0.2, 0.25) is 5.91 Å². The number of thioether (sulfide) groups is 1. The van der Waals surface area contributed by atoms with Gasteiger partial charge in [0.05, 0.1) is 5.25 Å². The normalized spacial score (nSPS) is 15.1. The number of rotatable bonds is 7. The van der Waals surface area contributed by atoms with Crippen molar-refractivity contribution in [3.05, 3.63) is 59.1 Å². The van der Waals surface area contributed by atoms with Gasteiger partial charge in [0.1, 0.15) is 0 Å². The van der Waals surface area contributed by atoms with Gasteiger partial charge in [0, 0.05) is 35.2 Å². The molecule has 2 aromatic rings. The number of nitrogens with zero attached hydrogens (tertiary/aromatic N) is 1. The number of nitrogens with one attached hydrogen (secondary N) is 1. The van der Waals surface area contributed by atoms with E-state index in [1.807, 2.05) is 31.2 Å². The number of carbonyl (C=O) groups is 1. The van der Waals surface area contributed by atoms with Crippen molar-refractivity contribution in [2.45, 2.75) is 42.9 Å². The summed E-state index contributed by atoms with van der Waals surface area (Å²) < 4.78 is 0. The molecule has 1 heterocycles. The Labute approximate surface area is 165 Å². The highest BCUT2D eigenvalue weighted by molar-refractivity contribution is 8.00. The maximum atomic E-state index is 12.5. The summed E-state index contributed by atoms with van der Waals surface area (Å²) in [6.45, 7) is 4.90. The molecule has 1 aliphatic rings. The van der Waals surface area contributed by atoms with Crippen molar-refractivity contribution in [3.63, 3.8) is 0 Å². The van der Waals surface area contributed by atoms with Crippen LogP contribution in [0.3, 0.4) is 0 Å². The number of carbonyl (C=O) groups excluding carboxylic acids is 1. The Morgan fingerprint density at radius 2 is 1.77 bits per heavy atom.